The number of hydrogen-bond donors (Lipinski definition) is 0. The molecule has 0 aromatic carbocycles. The molecule has 0 rings (SSSR count). The smallest absolute Gasteiger partial charge is 0.0272 e. The van der Waals surface area contributed by atoms with Crippen molar-refractivity contribution in [2.45, 2.75) is 89.0 Å². The van der Waals surface area contributed by atoms with Crippen molar-refractivity contribution in [1.29, 1.82) is 0 Å². The Bertz CT molecular complexity index is 238. The van der Waals surface area contributed by atoms with Crippen LogP contribution in [0.2, 0.25) is 0 Å². The third-order valence-corrected chi connectivity index (χ3v) is 7.42. The monoisotopic (exact) mass is 254 g/mol. The van der Waals surface area contributed by atoms with E-state index in [1.54, 1.807) is 0 Å². The molecular weight excluding hydrogens is 216 g/mol. The van der Waals surface area contributed by atoms with Crippen molar-refractivity contribution in [1.82, 2.24) is 0 Å². The summed E-state index contributed by atoms with van der Waals surface area (Å²) in [6.45, 7) is 26.7. The maximum atomic E-state index is 2.47. The SMILES string of the molecule is CCC(C)(C)C(C)(C)C(C)C(C)(C)C(C)(C)CC. The zero-order valence-corrected chi connectivity index (χ0v) is 15.0. The van der Waals surface area contributed by atoms with E-state index in [1.807, 2.05) is 0 Å². The van der Waals surface area contributed by atoms with E-state index in [0.717, 1.165) is 0 Å². The van der Waals surface area contributed by atoms with Gasteiger partial charge in [-0.05, 0) is 27.6 Å². The lowest BCUT2D eigenvalue weighted by Crippen LogP contribution is -2.49. The highest BCUT2D eigenvalue weighted by molar-refractivity contribution is 4.99. The summed E-state index contributed by atoms with van der Waals surface area (Å²) in [7, 11) is 0. The molecule has 110 valence electrons. The molecule has 0 heteroatoms. The van der Waals surface area contributed by atoms with Gasteiger partial charge in [-0.3, -0.25) is 0 Å². The van der Waals surface area contributed by atoms with Gasteiger partial charge in [0, 0.05) is 0 Å². The highest BCUT2D eigenvalue weighted by Gasteiger charge is 2.50. The van der Waals surface area contributed by atoms with E-state index in [-0.39, 0.29) is 0 Å². The van der Waals surface area contributed by atoms with Crippen molar-refractivity contribution in [3.8, 4) is 0 Å². The van der Waals surface area contributed by atoms with Crippen LogP contribution in [-0.2, 0) is 0 Å². The van der Waals surface area contributed by atoms with Gasteiger partial charge < -0.3 is 0 Å². The van der Waals surface area contributed by atoms with Crippen molar-refractivity contribution >= 4 is 0 Å². The third-order valence-electron chi connectivity index (χ3n) is 7.42. The molecule has 0 amide bonds. The number of rotatable bonds is 6. The first-order valence-corrected chi connectivity index (χ1v) is 7.78. The van der Waals surface area contributed by atoms with E-state index in [4.69, 9.17) is 0 Å². The fourth-order valence-electron chi connectivity index (χ4n) is 2.99. The first-order valence-electron chi connectivity index (χ1n) is 7.78. The van der Waals surface area contributed by atoms with Gasteiger partial charge in [-0.15, -0.1) is 0 Å². The van der Waals surface area contributed by atoms with Crippen molar-refractivity contribution in [2.75, 3.05) is 0 Å². The van der Waals surface area contributed by atoms with Crippen LogP contribution in [0.5, 0.6) is 0 Å². The summed E-state index contributed by atoms with van der Waals surface area (Å²) in [5.41, 5.74) is 1.45. The molecule has 0 spiro atoms. The van der Waals surface area contributed by atoms with Gasteiger partial charge in [0.15, 0.2) is 0 Å². The van der Waals surface area contributed by atoms with Gasteiger partial charge in [-0.2, -0.15) is 0 Å². The Morgan fingerprint density at radius 2 is 0.833 bits per heavy atom. The van der Waals surface area contributed by atoms with Gasteiger partial charge >= 0.3 is 0 Å². The summed E-state index contributed by atoms with van der Waals surface area (Å²) in [6.07, 6.45) is 2.49. The molecule has 0 unspecified atom stereocenters. The molecule has 0 saturated carbocycles. The molecular formula is C18H38. The van der Waals surface area contributed by atoms with Crippen LogP contribution < -0.4 is 0 Å². The molecule has 0 aliphatic carbocycles. The molecule has 18 heavy (non-hydrogen) atoms. The summed E-state index contributed by atoms with van der Waals surface area (Å²) in [5.74, 6) is 0.690. The minimum Gasteiger partial charge on any atom is -0.0649 e. The summed E-state index contributed by atoms with van der Waals surface area (Å²) < 4.78 is 0. The first kappa shape index (κ1) is 18.0. The van der Waals surface area contributed by atoms with Gasteiger partial charge in [0.05, 0.1) is 0 Å². The Morgan fingerprint density at radius 1 is 0.611 bits per heavy atom. The molecule has 0 nitrogen and oxygen atoms in total. The van der Waals surface area contributed by atoms with E-state index >= 15 is 0 Å². The lowest BCUT2D eigenvalue weighted by atomic mass is 9.49. The second kappa shape index (κ2) is 5.17. The predicted molar refractivity (Wildman–Crippen MR) is 84.9 cm³/mol. The summed E-state index contributed by atoms with van der Waals surface area (Å²) in [5, 5.41) is 0. The normalized spacial score (nSPS) is 15.3. The van der Waals surface area contributed by atoms with Crippen LogP contribution in [0, 0.1) is 27.6 Å². The average Bonchev–Trinajstić information content (AvgIpc) is 2.27. The molecule has 0 bridgehead atoms. The molecule has 0 saturated heterocycles. The van der Waals surface area contributed by atoms with Crippen LogP contribution in [-0.4, -0.2) is 0 Å². The van der Waals surface area contributed by atoms with Crippen LogP contribution in [0.3, 0.4) is 0 Å². The third kappa shape index (κ3) is 2.78. The van der Waals surface area contributed by atoms with Crippen molar-refractivity contribution in [3.63, 3.8) is 0 Å². The Hall–Kier alpha value is 0. The van der Waals surface area contributed by atoms with Gasteiger partial charge in [-0.1, -0.05) is 89.0 Å². The largest absolute Gasteiger partial charge is 0.0649 e. The van der Waals surface area contributed by atoms with Crippen molar-refractivity contribution in [2.24, 2.45) is 27.6 Å². The van der Waals surface area contributed by atoms with Crippen LogP contribution in [0.4, 0.5) is 0 Å². The molecule has 0 atom stereocenters. The van der Waals surface area contributed by atoms with Crippen LogP contribution in [0.1, 0.15) is 89.0 Å². The Kier molecular flexibility index (Phi) is 5.17. The van der Waals surface area contributed by atoms with Gasteiger partial charge in [0.1, 0.15) is 0 Å². The minimum atomic E-state index is 0.345. The van der Waals surface area contributed by atoms with E-state index in [0.29, 0.717) is 27.6 Å². The minimum absolute atomic E-state index is 0.345. The predicted octanol–water partition coefficient (Wildman–Crippen LogP) is 6.55. The van der Waals surface area contributed by atoms with E-state index in [9.17, 15) is 0 Å². The Balaban J connectivity index is 5.46. The zero-order chi connectivity index (χ0) is 15.0. The molecule has 0 aliphatic rings. The average molecular weight is 255 g/mol. The topological polar surface area (TPSA) is 0 Å². The molecule has 0 N–H and O–H groups in total. The zero-order valence-electron chi connectivity index (χ0n) is 15.0. The summed E-state index contributed by atoms with van der Waals surface area (Å²) in [4.78, 5) is 0. The second-order valence-corrected chi connectivity index (χ2v) is 8.64. The lowest BCUT2D eigenvalue weighted by Gasteiger charge is -2.56. The maximum Gasteiger partial charge on any atom is -0.0272 e. The van der Waals surface area contributed by atoms with Crippen LogP contribution >= 0.6 is 0 Å². The van der Waals surface area contributed by atoms with E-state index in [1.165, 1.54) is 12.8 Å². The van der Waals surface area contributed by atoms with Crippen LogP contribution in [0.25, 0.3) is 0 Å². The Labute approximate surface area is 117 Å². The maximum absolute atomic E-state index is 2.47. The van der Waals surface area contributed by atoms with Gasteiger partial charge in [0.2, 0.25) is 0 Å². The fraction of sp³-hybridized carbons (Fsp3) is 1.00. The first-order chi connectivity index (χ1) is 7.78. The quantitative estimate of drug-likeness (QED) is 0.504. The molecule has 0 radical (unpaired) electrons. The molecule has 0 aromatic heterocycles. The van der Waals surface area contributed by atoms with Crippen molar-refractivity contribution < 1.29 is 0 Å². The molecule has 0 fully saturated rings. The lowest BCUT2D eigenvalue weighted by molar-refractivity contribution is -0.0717. The second-order valence-electron chi connectivity index (χ2n) is 8.64. The standard InChI is InChI=1S/C18H38/c1-12-15(4,5)17(8,9)14(3)18(10,11)16(6,7)13-2/h14H,12-13H2,1-11H3. The van der Waals surface area contributed by atoms with E-state index in [2.05, 4.69) is 76.2 Å². The highest BCUT2D eigenvalue weighted by atomic mass is 14.5. The Morgan fingerprint density at radius 3 is 1.00 bits per heavy atom. The summed E-state index contributed by atoms with van der Waals surface area (Å²) >= 11 is 0. The fourth-order valence-corrected chi connectivity index (χ4v) is 2.99. The van der Waals surface area contributed by atoms with Gasteiger partial charge in [-0.25, -0.2) is 0 Å². The number of hydrogen-bond acceptors (Lipinski definition) is 0. The molecule has 0 aliphatic heterocycles. The van der Waals surface area contributed by atoms with Gasteiger partial charge in [0.25, 0.3) is 0 Å². The summed E-state index contributed by atoms with van der Waals surface area (Å²) in [6, 6.07) is 0. The van der Waals surface area contributed by atoms with Crippen LogP contribution in [0.15, 0.2) is 0 Å². The molecule has 0 aromatic rings. The van der Waals surface area contributed by atoms with E-state index < -0.39 is 0 Å². The molecule has 0 heterocycles. The highest BCUT2D eigenvalue weighted by Crippen LogP contribution is 2.57. The van der Waals surface area contributed by atoms with Crippen molar-refractivity contribution in [3.05, 3.63) is 0 Å².